The zero-order valence-electron chi connectivity index (χ0n) is 6.43. The van der Waals surface area contributed by atoms with Crippen LogP contribution in [0.5, 0.6) is 0 Å². The Morgan fingerprint density at radius 2 is 2.42 bits per heavy atom. The number of nitrogens with zero attached hydrogens (tertiary/aromatic N) is 2. The average molecular weight is 164 g/mol. The van der Waals surface area contributed by atoms with Crippen LogP contribution in [0.15, 0.2) is 34.3 Å². The minimum absolute atomic E-state index is 0.527. The normalized spacial score (nSPS) is 20.7. The molecule has 2 heterocycles. The molecule has 0 unspecified atom stereocenters. The first-order valence-electron chi connectivity index (χ1n) is 3.67. The van der Waals surface area contributed by atoms with Crippen molar-refractivity contribution in [1.82, 2.24) is 0 Å². The van der Waals surface area contributed by atoms with Crippen molar-refractivity contribution < 1.29 is 9.57 Å². The molecule has 2 aliphatic heterocycles. The number of hydrogen-bond donors (Lipinski definition) is 0. The largest absolute Gasteiger partial charge is 0.478 e. The molecule has 0 atom stereocenters. The van der Waals surface area contributed by atoms with E-state index in [4.69, 9.17) is 9.57 Å². The first-order valence-corrected chi connectivity index (χ1v) is 3.67. The van der Waals surface area contributed by atoms with Gasteiger partial charge in [-0.05, 0) is 6.08 Å². The van der Waals surface area contributed by atoms with Gasteiger partial charge >= 0.3 is 0 Å². The van der Waals surface area contributed by atoms with E-state index in [-0.39, 0.29) is 0 Å². The van der Waals surface area contributed by atoms with E-state index in [9.17, 15) is 0 Å². The van der Waals surface area contributed by atoms with E-state index < -0.39 is 0 Å². The minimum Gasteiger partial charge on any atom is -0.478 e. The van der Waals surface area contributed by atoms with E-state index >= 15 is 0 Å². The molecule has 12 heavy (non-hydrogen) atoms. The van der Waals surface area contributed by atoms with Crippen molar-refractivity contribution in [2.45, 2.75) is 6.42 Å². The Kier molecular flexibility index (Phi) is 1.90. The third-order valence-electron chi connectivity index (χ3n) is 1.61. The lowest BCUT2D eigenvalue weighted by Gasteiger charge is -2.11. The Balaban J connectivity index is 2.13. The van der Waals surface area contributed by atoms with Crippen LogP contribution in [0.3, 0.4) is 0 Å². The summed E-state index contributed by atoms with van der Waals surface area (Å²) in [5.41, 5.74) is 1.86. The number of rotatable bonds is 1. The molecule has 2 aliphatic rings. The maximum atomic E-state index is 5.01. The maximum Gasteiger partial charge on any atom is 0.174 e. The van der Waals surface area contributed by atoms with Gasteiger partial charge in [0.1, 0.15) is 12.9 Å². The SMILES string of the molecule is C1=CON=C(C2=CN=COC2)C1. The highest BCUT2D eigenvalue weighted by Crippen LogP contribution is 2.10. The van der Waals surface area contributed by atoms with Gasteiger partial charge in [0.05, 0.1) is 5.71 Å². The van der Waals surface area contributed by atoms with E-state index in [1.165, 1.54) is 6.40 Å². The van der Waals surface area contributed by atoms with Crippen molar-refractivity contribution in [3.63, 3.8) is 0 Å². The van der Waals surface area contributed by atoms with Crippen LogP contribution in [0, 0.1) is 0 Å². The van der Waals surface area contributed by atoms with E-state index in [2.05, 4.69) is 10.1 Å². The van der Waals surface area contributed by atoms with Crippen LogP contribution in [-0.4, -0.2) is 18.7 Å². The topological polar surface area (TPSA) is 43.2 Å². The third kappa shape index (κ3) is 1.37. The molecule has 62 valence electrons. The third-order valence-corrected chi connectivity index (χ3v) is 1.61. The first-order chi connectivity index (χ1) is 5.97. The van der Waals surface area contributed by atoms with Crippen molar-refractivity contribution in [2.24, 2.45) is 10.1 Å². The second kappa shape index (κ2) is 3.21. The highest BCUT2D eigenvalue weighted by atomic mass is 16.6. The zero-order valence-corrected chi connectivity index (χ0v) is 6.43. The van der Waals surface area contributed by atoms with Gasteiger partial charge in [-0.2, -0.15) is 0 Å². The predicted molar refractivity (Wildman–Crippen MR) is 44.8 cm³/mol. The highest BCUT2D eigenvalue weighted by molar-refractivity contribution is 6.01. The van der Waals surface area contributed by atoms with E-state index in [0.717, 1.165) is 17.7 Å². The predicted octanol–water partition coefficient (Wildman–Crippen LogP) is 1.22. The van der Waals surface area contributed by atoms with E-state index in [1.807, 2.05) is 6.08 Å². The molecule has 0 amide bonds. The zero-order chi connectivity index (χ0) is 8.23. The fraction of sp³-hybridized carbons (Fsp3) is 0.250. The van der Waals surface area contributed by atoms with Crippen LogP contribution in [0.2, 0.25) is 0 Å². The molecule has 0 N–H and O–H groups in total. The standard InChI is InChI=1S/C8H8N2O2/c1-2-8(10-12-3-1)7-4-9-6-11-5-7/h1,3-4,6H,2,5H2. The Bertz CT molecular complexity index is 289. The fourth-order valence-electron chi connectivity index (χ4n) is 1.01. The van der Waals surface area contributed by atoms with Crippen LogP contribution in [0.25, 0.3) is 0 Å². The van der Waals surface area contributed by atoms with Gasteiger partial charge in [-0.3, -0.25) is 0 Å². The summed E-state index contributed by atoms with van der Waals surface area (Å²) >= 11 is 0. The molecule has 4 heteroatoms. The molecule has 0 fully saturated rings. The molecular formula is C8H8N2O2. The summed E-state index contributed by atoms with van der Waals surface area (Å²) < 4.78 is 5.01. The average Bonchev–Trinajstić information content (AvgIpc) is 2.21. The molecule has 0 bridgehead atoms. The maximum absolute atomic E-state index is 5.01. The lowest BCUT2D eigenvalue weighted by Crippen LogP contribution is -2.12. The van der Waals surface area contributed by atoms with Gasteiger partial charge in [0, 0.05) is 18.2 Å². The van der Waals surface area contributed by atoms with Gasteiger partial charge in [-0.15, -0.1) is 0 Å². The molecule has 0 aromatic heterocycles. The molecular weight excluding hydrogens is 156 g/mol. The van der Waals surface area contributed by atoms with Crippen molar-refractivity contribution in [3.8, 4) is 0 Å². The number of allylic oxidation sites excluding steroid dienone is 1. The van der Waals surface area contributed by atoms with Crippen LogP contribution < -0.4 is 0 Å². The highest BCUT2D eigenvalue weighted by Gasteiger charge is 2.10. The second-order valence-corrected chi connectivity index (χ2v) is 2.44. The van der Waals surface area contributed by atoms with Crippen LogP contribution >= 0.6 is 0 Å². The minimum atomic E-state index is 0.527. The summed E-state index contributed by atoms with van der Waals surface area (Å²) in [5.74, 6) is 0. The van der Waals surface area contributed by atoms with Gasteiger partial charge in [-0.1, -0.05) is 5.16 Å². The molecule has 0 aromatic carbocycles. The molecule has 0 spiro atoms. The molecule has 0 radical (unpaired) electrons. The monoisotopic (exact) mass is 164 g/mol. The van der Waals surface area contributed by atoms with Crippen molar-refractivity contribution in [2.75, 3.05) is 6.61 Å². The van der Waals surface area contributed by atoms with Gasteiger partial charge in [0.15, 0.2) is 6.40 Å². The Morgan fingerprint density at radius 1 is 1.42 bits per heavy atom. The van der Waals surface area contributed by atoms with Gasteiger partial charge in [0.2, 0.25) is 0 Å². The number of hydrogen-bond acceptors (Lipinski definition) is 4. The Hall–Kier alpha value is -1.58. The molecule has 2 rings (SSSR count). The fourth-order valence-corrected chi connectivity index (χ4v) is 1.01. The van der Waals surface area contributed by atoms with Crippen LogP contribution in [-0.2, 0) is 9.57 Å². The first kappa shape index (κ1) is 7.09. The molecule has 4 nitrogen and oxygen atoms in total. The number of oxime groups is 1. The summed E-state index contributed by atoms with van der Waals surface area (Å²) in [6, 6.07) is 0. The summed E-state index contributed by atoms with van der Waals surface area (Å²) in [5, 5.41) is 3.86. The van der Waals surface area contributed by atoms with Gasteiger partial charge < -0.3 is 9.57 Å². The Morgan fingerprint density at radius 3 is 3.08 bits per heavy atom. The smallest absolute Gasteiger partial charge is 0.174 e. The molecule has 0 saturated carbocycles. The molecule has 0 aliphatic carbocycles. The van der Waals surface area contributed by atoms with Crippen molar-refractivity contribution in [3.05, 3.63) is 24.1 Å². The Labute approximate surface area is 69.9 Å². The van der Waals surface area contributed by atoms with Crippen LogP contribution in [0.4, 0.5) is 0 Å². The lowest BCUT2D eigenvalue weighted by molar-refractivity contribution is 0.261. The second-order valence-electron chi connectivity index (χ2n) is 2.44. The molecule has 0 aromatic rings. The summed E-state index contributed by atoms with van der Waals surface area (Å²) in [4.78, 5) is 8.66. The van der Waals surface area contributed by atoms with E-state index in [1.54, 1.807) is 12.5 Å². The van der Waals surface area contributed by atoms with Gasteiger partial charge in [0.25, 0.3) is 0 Å². The van der Waals surface area contributed by atoms with Gasteiger partial charge in [-0.25, -0.2) is 4.99 Å². The summed E-state index contributed by atoms with van der Waals surface area (Å²) in [6.45, 7) is 0.527. The van der Waals surface area contributed by atoms with Crippen molar-refractivity contribution >= 4 is 12.1 Å². The number of ether oxygens (including phenoxy) is 1. The van der Waals surface area contributed by atoms with Crippen molar-refractivity contribution in [1.29, 1.82) is 0 Å². The van der Waals surface area contributed by atoms with Crippen LogP contribution in [0.1, 0.15) is 6.42 Å². The van der Waals surface area contributed by atoms with E-state index in [0.29, 0.717) is 6.61 Å². The summed E-state index contributed by atoms with van der Waals surface area (Å²) in [7, 11) is 0. The summed E-state index contributed by atoms with van der Waals surface area (Å²) in [6.07, 6.45) is 7.41. The molecule has 0 saturated heterocycles. The lowest BCUT2D eigenvalue weighted by atomic mass is 10.1. The quantitative estimate of drug-likeness (QED) is 0.584. The number of aliphatic imine (C=N–C) groups is 1.